The number of aromatic hydroxyl groups is 1. The van der Waals surface area contributed by atoms with Crippen molar-refractivity contribution in [2.75, 3.05) is 13.7 Å². The van der Waals surface area contributed by atoms with Crippen molar-refractivity contribution >= 4 is 34.3 Å². The van der Waals surface area contributed by atoms with E-state index in [1.165, 1.54) is 7.11 Å². The number of nitrogens with two attached hydrogens (primary N) is 1. The lowest BCUT2D eigenvalue weighted by Crippen LogP contribution is -2.17. The Morgan fingerprint density at radius 2 is 2.16 bits per heavy atom. The first-order valence-electron chi connectivity index (χ1n) is 5.47. The summed E-state index contributed by atoms with van der Waals surface area (Å²) in [4.78, 5) is 11.4. The summed E-state index contributed by atoms with van der Waals surface area (Å²) in [5, 5.41) is 9.95. The third kappa shape index (κ3) is 4.89. The number of methoxy groups -OCH3 is 1. The van der Waals surface area contributed by atoms with E-state index in [4.69, 9.17) is 15.2 Å². The van der Waals surface area contributed by atoms with Gasteiger partial charge in [-0.15, -0.1) is 12.4 Å². The predicted molar refractivity (Wildman–Crippen MR) is 77.8 cm³/mol. The van der Waals surface area contributed by atoms with E-state index in [1.807, 2.05) is 0 Å². The number of phenols is 1. The van der Waals surface area contributed by atoms with Crippen LogP contribution in [-0.4, -0.2) is 24.8 Å². The molecule has 7 heteroatoms. The molecule has 0 aliphatic carbocycles. The van der Waals surface area contributed by atoms with Gasteiger partial charge in [-0.2, -0.15) is 0 Å². The van der Waals surface area contributed by atoms with Crippen LogP contribution < -0.4 is 10.5 Å². The molecule has 1 atom stereocenters. The molecule has 0 heterocycles. The van der Waals surface area contributed by atoms with Crippen LogP contribution in [-0.2, 0) is 9.53 Å². The van der Waals surface area contributed by atoms with Crippen LogP contribution in [0.15, 0.2) is 16.6 Å². The van der Waals surface area contributed by atoms with Crippen LogP contribution >= 0.6 is 28.3 Å². The second kappa shape index (κ2) is 8.24. The number of ether oxygens (including phenoxy) is 2. The number of halogens is 2. The van der Waals surface area contributed by atoms with Crippen LogP contribution in [0.25, 0.3) is 0 Å². The van der Waals surface area contributed by atoms with Crippen LogP contribution in [0.5, 0.6) is 11.5 Å². The fourth-order valence-electron chi connectivity index (χ4n) is 1.54. The highest BCUT2D eigenvalue weighted by Gasteiger charge is 2.19. The molecule has 0 fully saturated rings. The second-order valence-electron chi connectivity index (χ2n) is 3.66. The number of benzene rings is 1. The van der Waals surface area contributed by atoms with Gasteiger partial charge in [-0.3, -0.25) is 4.79 Å². The van der Waals surface area contributed by atoms with Gasteiger partial charge in [0.15, 0.2) is 11.5 Å². The lowest BCUT2D eigenvalue weighted by Gasteiger charge is -2.15. The molecule has 1 aromatic carbocycles. The minimum Gasteiger partial charge on any atom is -0.504 e. The first kappa shape index (κ1) is 18.0. The van der Waals surface area contributed by atoms with Crippen LogP contribution in [0, 0.1) is 0 Å². The smallest absolute Gasteiger partial charge is 0.307 e. The summed E-state index contributed by atoms with van der Waals surface area (Å²) in [6.45, 7) is 2.03. The highest BCUT2D eigenvalue weighted by Crippen LogP contribution is 2.37. The van der Waals surface area contributed by atoms with Crippen molar-refractivity contribution in [3.05, 3.63) is 22.2 Å². The summed E-state index contributed by atoms with van der Waals surface area (Å²) in [6, 6.07) is 2.63. The Morgan fingerprint density at radius 1 is 1.53 bits per heavy atom. The zero-order chi connectivity index (χ0) is 13.7. The molecule has 0 aliphatic rings. The van der Waals surface area contributed by atoms with Gasteiger partial charge in [0.1, 0.15) is 0 Å². The van der Waals surface area contributed by atoms with E-state index in [2.05, 4.69) is 15.9 Å². The molecule has 0 radical (unpaired) electrons. The van der Waals surface area contributed by atoms with Crippen molar-refractivity contribution in [1.29, 1.82) is 0 Å². The Hall–Kier alpha value is -0.980. The molecule has 0 spiro atoms. The number of esters is 1. The highest BCUT2D eigenvalue weighted by molar-refractivity contribution is 9.10. The van der Waals surface area contributed by atoms with Crippen molar-refractivity contribution in [3.8, 4) is 11.5 Å². The summed E-state index contributed by atoms with van der Waals surface area (Å²) in [6.07, 6.45) is 0.001000. The molecule has 0 aliphatic heterocycles. The van der Waals surface area contributed by atoms with E-state index < -0.39 is 12.0 Å². The van der Waals surface area contributed by atoms with Crippen LogP contribution in [0.3, 0.4) is 0 Å². The summed E-state index contributed by atoms with van der Waals surface area (Å²) < 4.78 is 10.5. The SMILES string of the molecule is CCOC(=O)C[C@@H](N)c1cc(Br)cc(OC)c1O.Cl. The van der Waals surface area contributed by atoms with E-state index in [0.29, 0.717) is 22.4 Å². The maximum Gasteiger partial charge on any atom is 0.307 e. The van der Waals surface area contributed by atoms with E-state index in [9.17, 15) is 9.90 Å². The predicted octanol–water partition coefficient (Wildman–Crippen LogP) is 2.54. The lowest BCUT2D eigenvalue weighted by molar-refractivity contribution is -0.143. The molecular formula is C12H17BrClNO4. The molecular weight excluding hydrogens is 337 g/mol. The second-order valence-corrected chi connectivity index (χ2v) is 4.58. The first-order chi connectivity index (χ1) is 8.49. The average Bonchev–Trinajstić information content (AvgIpc) is 2.31. The Kier molecular flexibility index (Phi) is 7.82. The Balaban J connectivity index is 0.00000324. The highest BCUT2D eigenvalue weighted by atomic mass is 79.9. The summed E-state index contributed by atoms with van der Waals surface area (Å²) >= 11 is 3.29. The van der Waals surface area contributed by atoms with Gasteiger partial charge >= 0.3 is 5.97 Å². The number of hydrogen-bond acceptors (Lipinski definition) is 5. The number of phenolic OH excluding ortho intramolecular Hbond substituents is 1. The van der Waals surface area contributed by atoms with Crippen molar-refractivity contribution in [1.82, 2.24) is 0 Å². The minimum absolute atomic E-state index is 0. The van der Waals surface area contributed by atoms with Crippen molar-refractivity contribution in [2.24, 2.45) is 5.73 Å². The molecule has 1 aromatic rings. The Morgan fingerprint density at radius 3 is 2.68 bits per heavy atom. The number of carbonyl (C=O) groups is 1. The van der Waals surface area contributed by atoms with Gasteiger partial charge < -0.3 is 20.3 Å². The van der Waals surface area contributed by atoms with E-state index in [0.717, 1.165) is 0 Å². The monoisotopic (exact) mass is 353 g/mol. The zero-order valence-electron chi connectivity index (χ0n) is 10.7. The molecule has 3 N–H and O–H groups in total. The molecule has 0 bridgehead atoms. The average molecular weight is 355 g/mol. The zero-order valence-corrected chi connectivity index (χ0v) is 13.1. The fraction of sp³-hybridized carbons (Fsp3) is 0.417. The fourth-order valence-corrected chi connectivity index (χ4v) is 2.00. The van der Waals surface area contributed by atoms with E-state index in [-0.39, 0.29) is 24.6 Å². The Bertz CT molecular complexity index is 442. The number of carbonyl (C=O) groups excluding carboxylic acids is 1. The van der Waals surface area contributed by atoms with Crippen LogP contribution in [0.1, 0.15) is 24.9 Å². The van der Waals surface area contributed by atoms with Gasteiger partial charge in [-0.1, -0.05) is 15.9 Å². The van der Waals surface area contributed by atoms with Crippen LogP contribution in [0.2, 0.25) is 0 Å². The van der Waals surface area contributed by atoms with Gasteiger partial charge in [0.05, 0.1) is 20.1 Å². The molecule has 19 heavy (non-hydrogen) atoms. The Labute approximate surface area is 126 Å². The number of hydrogen-bond donors (Lipinski definition) is 2. The summed E-state index contributed by atoms with van der Waals surface area (Å²) in [5.41, 5.74) is 6.32. The van der Waals surface area contributed by atoms with E-state index in [1.54, 1.807) is 19.1 Å². The largest absolute Gasteiger partial charge is 0.504 e. The summed E-state index contributed by atoms with van der Waals surface area (Å²) in [5.74, 6) is -0.153. The van der Waals surface area contributed by atoms with Gasteiger partial charge in [-0.25, -0.2) is 0 Å². The molecule has 5 nitrogen and oxygen atoms in total. The quantitative estimate of drug-likeness (QED) is 0.794. The number of rotatable bonds is 5. The van der Waals surface area contributed by atoms with Crippen molar-refractivity contribution in [2.45, 2.75) is 19.4 Å². The molecule has 0 unspecified atom stereocenters. The molecule has 1 rings (SSSR count). The van der Waals surface area contributed by atoms with Crippen molar-refractivity contribution in [3.63, 3.8) is 0 Å². The van der Waals surface area contributed by atoms with Gasteiger partial charge in [0, 0.05) is 16.1 Å². The third-order valence-corrected chi connectivity index (χ3v) is 2.84. The van der Waals surface area contributed by atoms with Gasteiger partial charge in [-0.05, 0) is 19.1 Å². The van der Waals surface area contributed by atoms with Crippen LogP contribution in [0.4, 0.5) is 0 Å². The standard InChI is InChI=1S/C12H16BrNO4.ClH/c1-3-18-11(15)6-9(14)8-4-7(13)5-10(17-2)12(8)16;/h4-5,9,16H,3,6,14H2,1-2H3;1H/t9-;/m1./s1. The normalized spacial score (nSPS) is 11.4. The topological polar surface area (TPSA) is 81.8 Å². The maximum atomic E-state index is 11.4. The molecule has 108 valence electrons. The maximum absolute atomic E-state index is 11.4. The minimum atomic E-state index is -0.643. The van der Waals surface area contributed by atoms with Gasteiger partial charge in [0.25, 0.3) is 0 Å². The van der Waals surface area contributed by atoms with Crippen molar-refractivity contribution < 1.29 is 19.4 Å². The lowest BCUT2D eigenvalue weighted by atomic mass is 10.0. The third-order valence-electron chi connectivity index (χ3n) is 2.38. The molecule has 0 saturated carbocycles. The first-order valence-corrected chi connectivity index (χ1v) is 6.26. The molecule has 0 aromatic heterocycles. The molecule has 0 amide bonds. The van der Waals surface area contributed by atoms with E-state index >= 15 is 0 Å². The summed E-state index contributed by atoms with van der Waals surface area (Å²) in [7, 11) is 1.45. The van der Waals surface area contributed by atoms with Gasteiger partial charge in [0.2, 0.25) is 0 Å². The molecule has 0 saturated heterocycles.